The second-order valence-corrected chi connectivity index (χ2v) is 11.7. The first kappa shape index (κ1) is 33.3. The lowest BCUT2D eigenvalue weighted by molar-refractivity contribution is -0.143. The van der Waals surface area contributed by atoms with E-state index in [4.69, 9.17) is 20.9 Å². The largest absolute Gasteiger partial charge is 0.416 e. The van der Waals surface area contributed by atoms with Crippen molar-refractivity contribution >= 4 is 17.4 Å². The lowest BCUT2D eigenvalue weighted by Crippen LogP contribution is -2.17. The molecule has 6 rings (SSSR count). The van der Waals surface area contributed by atoms with E-state index in [0.717, 1.165) is 36.8 Å². The van der Waals surface area contributed by atoms with Crippen molar-refractivity contribution in [3.05, 3.63) is 106 Å². The fraction of sp³-hybridized carbons (Fsp3) is 0.303. The van der Waals surface area contributed by atoms with E-state index in [1.807, 2.05) is 0 Å². The lowest BCUT2D eigenvalue weighted by atomic mass is 9.97. The SMILES string of the molecule is O=C(c1nnn(Cc2cc(C(F)(F)F)cc(C(F)(F)F)c2)c1-c1ccccn1)c1c(COC2CCCCC2)noc1-c1ccccc1Cl. The molecule has 1 fully saturated rings. The van der Waals surface area contributed by atoms with Gasteiger partial charge >= 0.3 is 12.4 Å². The first-order valence-corrected chi connectivity index (χ1v) is 15.3. The molecule has 2 aromatic carbocycles. The molecule has 3 heterocycles. The van der Waals surface area contributed by atoms with E-state index in [0.29, 0.717) is 17.7 Å². The zero-order valence-electron chi connectivity index (χ0n) is 25.0. The highest BCUT2D eigenvalue weighted by atomic mass is 35.5. The lowest BCUT2D eigenvalue weighted by Gasteiger charge is -2.21. The summed E-state index contributed by atoms with van der Waals surface area (Å²) in [6.07, 6.45) is -3.92. The summed E-state index contributed by atoms with van der Waals surface area (Å²) in [5, 5.41) is 12.5. The molecule has 15 heteroatoms. The molecule has 0 bridgehead atoms. The van der Waals surface area contributed by atoms with Crippen LogP contribution in [0.4, 0.5) is 26.3 Å². The zero-order chi connectivity index (χ0) is 34.1. The topological polar surface area (TPSA) is 95.9 Å². The van der Waals surface area contributed by atoms with E-state index in [-0.39, 0.29) is 63.5 Å². The van der Waals surface area contributed by atoms with Gasteiger partial charge in [-0.25, -0.2) is 4.68 Å². The highest BCUT2D eigenvalue weighted by Crippen LogP contribution is 2.38. The van der Waals surface area contributed by atoms with Gasteiger partial charge in [0, 0.05) is 11.8 Å². The van der Waals surface area contributed by atoms with Crippen LogP contribution in [-0.4, -0.2) is 37.0 Å². The van der Waals surface area contributed by atoms with Crippen molar-refractivity contribution < 1.29 is 40.4 Å². The van der Waals surface area contributed by atoms with Gasteiger partial charge in [0.1, 0.15) is 11.4 Å². The number of hydrogen-bond acceptors (Lipinski definition) is 7. The van der Waals surface area contributed by atoms with Crippen molar-refractivity contribution in [3.8, 4) is 22.7 Å². The molecule has 250 valence electrons. The third-order valence-corrected chi connectivity index (χ3v) is 8.28. The summed E-state index contributed by atoms with van der Waals surface area (Å²) in [5.74, 6) is -0.706. The van der Waals surface area contributed by atoms with E-state index in [9.17, 15) is 31.1 Å². The first-order chi connectivity index (χ1) is 22.9. The molecule has 0 N–H and O–H groups in total. The highest BCUT2D eigenvalue weighted by molar-refractivity contribution is 6.33. The normalized spacial score (nSPS) is 14.4. The van der Waals surface area contributed by atoms with Gasteiger partial charge in [0.15, 0.2) is 11.5 Å². The van der Waals surface area contributed by atoms with Crippen LogP contribution in [0.2, 0.25) is 5.02 Å². The molecular formula is C33H26ClF6N5O3. The monoisotopic (exact) mass is 689 g/mol. The maximum absolute atomic E-state index is 14.5. The van der Waals surface area contributed by atoms with E-state index < -0.39 is 35.8 Å². The Hall–Kier alpha value is -4.56. The number of rotatable bonds is 9. The number of aromatic nitrogens is 5. The Morgan fingerprint density at radius 2 is 1.62 bits per heavy atom. The number of ketones is 1. The molecule has 0 atom stereocenters. The first-order valence-electron chi connectivity index (χ1n) is 14.9. The number of ether oxygens (including phenoxy) is 1. The van der Waals surface area contributed by atoms with Crippen molar-refractivity contribution in [3.63, 3.8) is 0 Å². The number of halogens is 7. The third kappa shape index (κ3) is 7.14. The minimum Gasteiger partial charge on any atom is -0.372 e. The number of benzene rings is 2. The van der Waals surface area contributed by atoms with Gasteiger partial charge in [-0.3, -0.25) is 9.78 Å². The molecule has 0 aliphatic heterocycles. The second kappa shape index (κ2) is 13.5. The number of hydrogen-bond donors (Lipinski definition) is 0. The average Bonchev–Trinajstić information content (AvgIpc) is 3.68. The second-order valence-electron chi connectivity index (χ2n) is 11.3. The van der Waals surface area contributed by atoms with E-state index in [1.54, 1.807) is 36.4 Å². The van der Waals surface area contributed by atoms with E-state index in [2.05, 4.69) is 20.5 Å². The maximum Gasteiger partial charge on any atom is 0.416 e. The van der Waals surface area contributed by atoms with Crippen LogP contribution < -0.4 is 0 Å². The number of alkyl halides is 6. The fourth-order valence-electron chi connectivity index (χ4n) is 5.65. The minimum atomic E-state index is -5.05. The standard InChI is InChI=1S/C33H26ClF6N5O3/c34-24-11-5-4-10-23(24)31-27(26(43-48-31)18-47-22-8-2-1-3-9-22)30(46)28-29(25-12-6-7-13-41-25)45(44-42-28)17-19-14-20(32(35,36)37)16-21(15-19)33(38,39)40/h4-7,10-16,22H,1-3,8-9,17-18H2. The minimum absolute atomic E-state index is 0.0263. The molecule has 5 aromatic rings. The molecule has 0 amide bonds. The summed E-state index contributed by atoms with van der Waals surface area (Å²) < 4.78 is 94.5. The van der Waals surface area contributed by atoms with Crippen LogP contribution >= 0.6 is 11.6 Å². The third-order valence-electron chi connectivity index (χ3n) is 7.95. The molecule has 0 unspecified atom stereocenters. The van der Waals surface area contributed by atoms with Crippen LogP contribution in [0, 0.1) is 0 Å². The Morgan fingerprint density at radius 3 is 2.27 bits per heavy atom. The van der Waals surface area contributed by atoms with Crippen LogP contribution in [0.1, 0.15) is 70.5 Å². The van der Waals surface area contributed by atoms with Crippen LogP contribution in [-0.2, 0) is 30.2 Å². The Bertz CT molecular complexity index is 1880. The Morgan fingerprint density at radius 1 is 0.938 bits per heavy atom. The Kier molecular flexibility index (Phi) is 9.39. The van der Waals surface area contributed by atoms with Gasteiger partial charge in [0.25, 0.3) is 0 Å². The van der Waals surface area contributed by atoms with Crippen molar-refractivity contribution in [2.75, 3.05) is 0 Å². The Balaban J connectivity index is 1.46. The predicted octanol–water partition coefficient (Wildman–Crippen LogP) is 8.81. The summed E-state index contributed by atoms with van der Waals surface area (Å²) in [7, 11) is 0. The quantitative estimate of drug-likeness (QED) is 0.113. The molecule has 0 spiro atoms. The molecule has 1 saturated carbocycles. The fourth-order valence-corrected chi connectivity index (χ4v) is 5.87. The molecule has 8 nitrogen and oxygen atoms in total. The molecular weight excluding hydrogens is 664 g/mol. The van der Waals surface area contributed by atoms with E-state index >= 15 is 0 Å². The van der Waals surface area contributed by atoms with Crippen LogP contribution in [0.25, 0.3) is 22.7 Å². The molecule has 1 aliphatic carbocycles. The summed E-state index contributed by atoms with van der Waals surface area (Å²) in [6, 6.07) is 12.5. The number of carbonyl (C=O) groups excluding carboxylic acids is 1. The predicted molar refractivity (Wildman–Crippen MR) is 161 cm³/mol. The van der Waals surface area contributed by atoms with E-state index in [1.165, 1.54) is 12.3 Å². The Labute approximate surface area is 274 Å². The van der Waals surface area contributed by atoms with Gasteiger partial charge in [-0.15, -0.1) is 5.10 Å². The molecule has 0 saturated heterocycles. The van der Waals surface area contributed by atoms with Gasteiger partial charge in [0.05, 0.1) is 46.7 Å². The molecule has 3 aromatic heterocycles. The van der Waals surface area contributed by atoms with Crippen LogP contribution in [0.15, 0.2) is 71.4 Å². The maximum atomic E-state index is 14.5. The van der Waals surface area contributed by atoms with Gasteiger partial charge in [-0.05, 0) is 60.9 Å². The summed E-state index contributed by atoms with van der Waals surface area (Å²) in [4.78, 5) is 18.8. The van der Waals surface area contributed by atoms with Crippen LogP contribution in [0.3, 0.4) is 0 Å². The molecule has 48 heavy (non-hydrogen) atoms. The van der Waals surface area contributed by atoms with Crippen molar-refractivity contribution in [2.24, 2.45) is 0 Å². The summed E-state index contributed by atoms with van der Waals surface area (Å²) in [6.45, 7) is -0.672. The van der Waals surface area contributed by atoms with Gasteiger partial charge in [-0.1, -0.05) is 59.4 Å². The smallest absolute Gasteiger partial charge is 0.372 e. The van der Waals surface area contributed by atoms with Gasteiger partial charge in [0.2, 0.25) is 5.78 Å². The molecule has 0 radical (unpaired) electrons. The molecule has 1 aliphatic rings. The van der Waals surface area contributed by atoms with Crippen molar-refractivity contribution in [1.82, 2.24) is 25.1 Å². The number of pyridine rings is 1. The summed E-state index contributed by atoms with van der Waals surface area (Å²) in [5.41, 5.74) is -3.04. The van der Waals surface area contributed by atoms with Gasteiger partial charge < -0.3 is 9.26 Å². The van der Waals surface area contributed by atoms with Gasteiger partial charge in [-0.2, -0.15) is 26.3 Å². The summed E-state index contributed by atoms with van der Waals surface area (Å²) >= 11 is 6.47. The highest BCUT2D eigenvalue weighted by Gasteiger charge is 2.37. The number of carbonyl (C=O) groups is 1. The zero-order valence-corrected chi connectivity index (χ0v) is 25.7. The van der Waals surface area contributed by atoms with Crippen molar-refractivity contribution in [2.45, 2.75) is 63.7 Å². The average molecular weight is 690 g/mol. The number of nitrogens with zero attached hydrogens (tertiary/aromatic N) is 5. The van der Waals surface area contributed by atoms with Crippen LogP contribution in [0.5, 0.6) is 0 Å². The van der Waals surface area contributed by atoms with Crippen molar-refractivity contribution in [1.29, 1.82) is 0 Å².